The Labute approximate surface area is 149 Å². The van der Waals surface area contributed by atoms with Crippen LogP contribution in [-0.2, 0) is 18.0 Å². The summed E-state index contributed by atoms with van der Waals surface area (Å²) >= 11 is 0. The Kier molecular flexibility index (Phi) is 5.39. The molecule has 0 amide bonds. The molecule has 3 rings (SSSR count). The van der Waals surface area contributed by atoms with E-state index in [9.17, 15) is 18.7 Å². The quantitative estimate of drug-likeness (QED) is 0.687. The molecule has 0 spiro atoms. The van der Waals surface area contributed by atoms with Gasteiger partial charge >= 0.3 is 5.97 Å². The first-order valence-electron chi connectivity index (χ1n) is 8.00. The molecule has 1 N–H and O–H groups in total. The van der Waals surface area contributed by atoms with Gasteiger partial charge in [-0.1, -0.05) is 60.7 Å². The molecule has 0 aliphatic rings. The number of hydrogen-bond donors (Lipinski definition) is 1. The number of benzene rings is 3. The fraction of sp³-hybridized carbons (Fsp3) is 0.0952. The lowest BCUT2D eigenvalue weighted by molar-refractivity contribution is 0.0466. The van der Waals surface area contributed by atoms with Gasteiger partial charge in [0, 0.05) is 5.56 Å². The lowest BCUT2D eigenvalue weighted by atomic mass is 9.98. The maximum absolute atomic E-state index is 14.5. The van der Waals surface area contributed by atoms with Crippen molar-refractivity contribution in [2.24, 2.45) is 0 Å². The molecule has 0 aliphatic heterocycles. The number of esters is 1. The molecular weight excluding hydrogens is 338 g/mol. The van der Waals surface area contributed by atoms with E-state index >= 15 is 0 Å². The molecule has 3 aromatic carbocycles. The average molecular weight is 354 g/mol. The van der Waals surface area contributed by atoms with E-state index in [2.05, 4.69) is 0 Å². The zero-order valence-corrected chi connectivity index (χ0v) is 13.8. The van der Waals surface area contributed by atoms with Crippen LogP contribution in [0.1, 0.15) is 21.5 Å². The van der Waals surface area contributed by atoms with Crippen LogP contribution in [0, 0.1) is 11.6 Å². The molecule has 132 valence electrons. The Morgan fingerprint density at radius 2 is 1.54 bits per heavy atom. The Hall–Kier alpha value is -3.05. The minimum Gasteiger partial charge on any atom is -0.457 e. The van der Waals surface area contributed by atoms with Crippen LogP contribution >= 0.6 is 0 Å². The van der Waals surface area contributed by atoms with Crippen LogP contribution in [0.25, 0.3) is 11.1 Å². The highest BCUT2D eigenvalue weighted by Gasteiger charge is 2.21. The van der Waals surface area contributed by atoms with Gasteiger partial charge in [0.2, 0.25) is 0 Å². The summed E-state index contributed by atoms with van der Waals surface area (Å²) in [7, 11) is 0. The van der Waals surface area contributed by atoms with Crippen LogP contribution in [0.15, 0.2) is 66.7 Å². The molecular formula is C21H16F2O3. The highest BCUT2D eigenvalue weighted by atomic mass is 19.2. The van der Waals surface area contributed by atoms with E-state index in [4.69, 9.17) is 4.74 Å². The molecule has 0 heterocycles. The minimum absolute atomic E-state index is 0.0215. The van der Waals surface area contributed by atoms with Crippen molar-refractivity contribution in [3.8, 4) is 11.1 Å². The Balaban J connectivity index is 1.86. The molecule has 3 nitrogen and oxygen atoms in total. The smallest absolute Gasteiger partial charge is 0.341 e. The number of hydrogen-bond acceptors (Lipinski definition) is 3. The molecule has 0 radical (unpaired) electrons. The van der Waals surface area contributed by atoms with Crippen LogP contribution in [0.2, 0.25) is 0 Å². The first-order chi connectivity index (χ1) is 12.6. The van der Waals surface area contributed by atoms with E-state index in [0.29, 0.717) is 11.1 Å². The van der Waals surface area contributed by atoms with Crippen molar-refractivity contribution < 1.29 is 23.4 Å². The summed E-state index contributed by atoms with van der Waals surface area (Å²) in [4.78, 5) is 12.1. The van der Waals surface area contributed by atoms with Crippen LogP contribution in [0.5, 0.6) is 0 Å². The first-order valence-corrected chi connectivity index (χ1v) is 8.00. The predicted molar refractivity (Wildman–Crippen MR) is 93.3 cm³/mol. The van der Waals surface area contributed by atoms with E-state index in [1.54, 1.807) is 48.5 Å². The van der Waals surface area contributed by atoms with E-state index in [-0.39, 0.29) is 18.8 Å². The molecule has 0 bridgehead atoms. The van der Waals surface area contributed by atoms with Gasteiger partial charge in [0.25, 0.3) is 0 Å². The number of rotatable bonds is 5. The number of carbonyl (C=O) groups excluding carboxylic acids is 1. The molecule has 0 atom stereocenters. The number of aliphatic hydroxyl groups excluding tert-OH is 1. The summed E-state index contributed by atoms with van der Waals surface area (Å²) in [6, 6.07) is 18.0. The molecule has 3 aromatic rings. The molecule has 0 aromatic heterocycles. The van der Waals surface area contributed by atoms with Crippen molar-refractivity contribution in [2.75, 3.05) is 0 Å². The van der Waals surface area contributed by atoms with Gasteiger partial charge < -0.3 is 9.84 Å². The molecule has 26 heavy (non-hydrogen) atoms. The van der Waals surface area contributed by atoms with E-state index in [0.717, 1.165) is 5.56 Å². The number of aliphatic hydroxyl groups is 1. The zero-order chi connectivity index (χ0) is 18.5. The summed E-state index contributed by atoms with van der Waals surface area (Å²) in [5.41, 5.74) is 1.09. The third-order valence-corrected chi connectivity index (χ3v) is 3.99. The zero-order valence-electron chi connectivity index (χ0n) is 13.8. The maximum atomic E-state index is 14.5. The maximum Gasteiger partial charge on any atom is 0.341 e. The minimum atomic E-state index is -1.27. The predicted octanol–water partition coefficient (Wildman–Crippen LogP) is 4.48. The molecule has 0 fully saturated rings. The van der Waals surface area contributed by atoms with Gasteiger partial charge in [0.05, 0.1) is 12.2 Å². The normalized spacial score (nSPS) is 10.6. The van der Waals surface area contributed by atoms with Crippen molar-refractivity contribution in [1.29, 1.82) is 0 Å². The summed E-state index contributed by atoms with van der Waals surface area (Å²) < 4.78 is 34.0. The molecule has 0 saturated carbocycles. The van der Waals surface area contributed by atoms with Crippen LogP contribution in [-0.4, -0.2) is 11.1 Å². The standard InChI is InChI=1S/C21H16F2O3/c22-19-17(16-9-5-4-8-15(16)12-24)10-11-18(20(19)23)21(25)26-13-14-6-2-1-3-7-14/h1-11,24H,12-13H2. The highest BCUT2D eigenvalue weighted by Crippen LogP contribution is 2.29. The van der Waals surface area contributed by atoms with Crippen molar-refractivity contribution in [3.63, 3.8) is 0 Å². The van der Waals surface area contributed by atoms with Crippen molar-refractivity contribution in [3.05, 3.63) is 95.1 Å². The van der Waals surface area contributed by atoms with Crippen molar-refractivity contribution in [2.45, 2.75) is 13.2 Å². The monoisotopic (exact) mass is 354 g/mol. The number of ether oxygens (including phenoxy) is 1. The van der Waals surface area contributed by atoms with Gasteiger partial charge in [0.15, 0.2) is 11.6 Å². The fourth-order valence-electron chi connectivity index (χ4n) is 2.64. The van der Waals surface area contributed by atoms with E-state index in [1.807, 2.05) is 6.07 Å². The first kappa shape index (κ1) is 17.8. The Morgan fingerprint density at radius 3 is 2.27 bits per heavy atom. The molecule has 0 saturated heterocycles. The lowest BCUT2D eigenvalue weighted by Crippen LogP contribution is -2.09. The largest absolute Gasteiger partial charge is 0.457 e. The van der Waals surface area contributed by atoms with Crippen LogP contribution in [0.4, 0.5) is 8.78 Å². The van der Waals surface area contributed by atoms with Crippen molar-refractivity contribution in [1.82, 2.24) is 0 Å². The van der Waals surface area contributed by atoms with Gasteiger partial charge in [-0.2, -0.15) is 0 Å². The topological polar surface area (TPSA) is 46.5 Å². The summed E-state index contributed by atoms with van der Waals surface area (Å²) in [5, 5.41) is 9.37. The number of halogens is 2. The van der Waals surface area contributed by atoms with E-state index < -0.39 is 23.2 Å². The average Bonchev–Trinajstić information content (AvgIpc) is 2.69. The second kappa shape index (κ2) is 7.89. The fourth-order valence-corrected chi connectivity index (χ4v) is 2.64. The van der Waals surface area contributed by atoms with Gasteiger partial charge in [0.1, 0.15) is 6.61 Å². The summed E-state index contributed by atoms with van der Waals surface area (Å²) in [6.07, 6.45) is 0. The highest BCUT2D eigenvalue weighted by molar-refractivity contribution is 5.90. The molecule has 0 unspecified atom stereocenters. The van der Waals surface area contributed by atoms with Crippen LogP contribution in [0.3, 0.4) is 0 Å². The Bertz CT molecular complexity index is 924. The van der Waals surface area contributed by atoms with Crippen LogP contribution < -0.4 is 0 Å². The van der Waals surface area contributed by atoms with Gasteiger partial charge in [-0.25, -0.2) is 13.6 Å². The summed E-state index contributed by atoms with van der Waals surface area (Å²) in [6.45, 7) is -0.339. The van der Waals surface area contributed by atoms with Gasteiger partial charge in [-0.05, 0) is 22.8 Å². The third kappa shape index (κ3) is 3.63. The third-order valence-electron chi connectivity index (χ3n) is 3.99. The second-order valence-corrected chi connectivity index (χ2v) is 5.67. The summed E-state index contributed by atoms with van der Waals surface area (Å²) in [5.74, 6) is -3.36. The van der Waals surface area contributed by atoms with Crippen molar-refractivity contribution >= 4 is 5.97 Å². The Morgan fingerprint density at radius 1 is 0.846 bits per heavy atom. The molecule has 5 heteroatoms. The lowest BCUT2D eigenvalue weighted by Gasteiger charge is -2.11. The molecule has 0 aliphatic carbocycles. The number of carbonyl (C=O) groups is 1. The second-order valence-electron chi connectivity index (χ2n) is 5.67. The van der Waals surface area contributed by atoms with E-state index in [1.165, 1.54) is 12.1 Å². The SMILES string of the molecule is O=C(OCc1ccccc1)c1ccc(-c2ccccc2CO)c(F)c1F. The van der Waals surface area contributed by atoms with Gasteiger partial charge in [-0.15, -0.1) is 0 Å². The van der Waals surface area contributed by atoms with Gasteiger partial charge in [-0.3, -0.25) is 0 Å².